The van der Waals surface area contributed by atoms with Gasteiger partial charge in [0.1, 0.15) is 6.04 Å². The second kappa shape index (κ2) is 9.86. The molecule has 1 rings (SSSR count). The quantitative estimate of drug-likeness (QED) is 0.713. The van der Waals surface area contributed by atoms with E-state index < -0.39 is 12.0 Å². The molecule has 0 aliphatic carbocycles. The molecular weight excluding hydrogens is 330 g/mol. The SMILES string of the molecule is CSCC[C@H](NC(=O)CCSC(=O)c1cccs1)C(=O)O. The number of hydrogen-bond acceptors (Lipinski definition) is 6. The predicted molar refractivity (Wildman–Crippen MR) is 88.3 cm³/mol. The van der Waals surface area contributed by atoms with Gasteiger partial charge in [0.25, 0.3) is 0 Å². The van der Waals surface area contributed by atoms with Gasteiger partial charge in [-0.05, 0) is 29.9 Å². The maximum atomic E-state index is 11.7. The number of carboxylic acid groups (broad SMARTS) is 1. The first kappa shape index (κ1) is 18.1. The van der Waals surface area contributed by atoms with Gasteiger partial charge in [-0.15, -0.1) is 11.3 Å². The van der Waals surface area contributed by atoms with Crippen LogP contribution >= 0.6 is 34.9 Å². The summed E-state index contributed by atoms with van der Waals surface area (Å²) in [5.41, 5.74) is 0. The first-order valence-corrected chi connectivity index (χ1v) is 9.52. The number of carbonyl (C=O) groups is 3. The van der Waals surface area contributed by atoms with Crippen LogP contribution in [0.15, 0.2) is 17.5 Å². The fraction of sp³-hybridized carbons (Fsp3) is 0.462. The van der Waals surface area contributed by atoms with Gasteiger partial charge in [0.05, 0.1) is 4.88 Å². The number of carbonyl (C=O) groups excluding carboxylic acids is 2. The van der Waals surface area contributed by atoms with Gasteiger partial charge in [-0.1, -0.05) is 17.8 Å². The van der Waals surface area contributed by atoms with Crippen LogP contribution in [-0.4, -0.2) is 45.9 Å². The Balaban J connectivity index is 2.29. The van der Waals surface area contributed by atoms with E-state index in [4.69, 9.17) is 5.11 Å². The second-order valence-corrected chi connectivity index (χ2v) is 7.10. The second-order valence-electron chi connectivity index (χ2n) is 4.10. The molecule has 0 radical (unpaired) electrons. The van der Waals surface area contributed by atoms with Crippen LogP contribution in [0.5, 0.6) is 0 Å². The van der Waals surface area contributed by atoms with Gasteiger partial charge in [0.15, 0.2) is 0 Å². The maximum Gasteiger partial charge on any atom is 0.326 e. The van der Waals surface area contributed by atoms with Crippen LogP contribution in [-0.2, 0) is 9.59 Å². The highest BCUT2D eigenvalue weighted by atomic mass is 32.2. The summed E-state index contributed by atoms with van der Waals surface area (Å²) in [5.74, 6) is -0.352. The van der Waals surface area contributed by atoms with Crippen molar-refractivity contribution in [3.8, 4) is 0 Å². The molecule has 0 saturated heterocycles. The number of thiophene rings is 1. The summed E-state index contributed by atoms with van der Waals surface area (Å²) in [6.45, 7) is 0. The van der Waals surface area contributed by atoms with E-state index in [1.54, 1.807) is 12.1 Å². The van der Waals surface area contributed by atoms with Crippen molar-refractivity contribution in [3.63, 3.8) is 0 Å². The lowest BCUT2D eigenvalue weighted by Gasteiger charge is -2.13. The zero-order valence-corrected chi connectivity index (χ0v) is 14.0. The molecule has 21 heavy (non-hydrogen) atoms. The Bertz CT molecular complexity index is 476. The minimum absolute atomic E-state index is 0.0602. The Labute approximate surface area is 135 Å². The van der Waals surface area contributed by atoms with Crippen LogP contribution in [0.1, 0.15) is 22.5 Å². The lowest BCUT2D eigenvalue weighted by Crippen LogP contribution is -2.41. The molecule has 0 fully saturated rings. The Hall–Kier alpha value is -0.990. The molecule has 1 amide bonds. The van der Waals surface area contributed by atoms with Crippen molar-refractivity contribution < 1.29 is 19.5 Å². The summed E-state index contributed by atoms with van der Waals surface area (Å²) in [6.07, 6.45) is 2.40. The lowest BCUT2D eigenvalue weighted by atomic mass is 10.2. The third-order valence-electron chi connectivity index (χ3n) is 2.53. The van der Waals surface area contributed by atoms with Crippen LogP contribution in [0.2, 0.25) is 0 Å². The van der Waals surface area contributed by atoms with Crippen molar-refractivity contribution in [1.82, 2.24) is 5.32 Å². The van der Waals surface area contributed by atoms with Crippen LogP contribution < -0.4 is 5.32 Å². The standard InChI is InChI=1S/C13H17NO4S3/c1-19-7-4-9(12(16)17)14-11(15)5-8-21-13(18)10-3-2-6-20-10/h2-3,6,9H,4-5,7-8H2,1H3,(H,14,15)(H,16,17)/t9-/m0/s1. The Morgan fingerprint density at radius 1 is 1.38 bits per heavy atom. The fourth-order valence-corrected chi connectivity index (χ4v) is 3.49. The summed E-state index contributed by atoms with van der Waals surface area (Å²) in [6, 6.07) is 2.68. The van der Waals surface area contributed by atoms with E-state index in [9.17, 15) is 14.4 Å². The van der Waals surface area contributed by atoms with E-state index in [1.165, 1.54) is 23.1 Å². The van der Waals surface area contributed by atoms with Crippen LogP contribution in [0.3, 0.4) is 0 Å². The molecule has 0 spiro atoms. The normalized spacial score (nSPS) is 11.9. The number of thioether (sulfide) groups is 2. The van der Waals surface area contributed by atoms with Crippen LogP contribution in [0, 0.1) is 0 Å². The van der Waals surface area contributed by atoms with E-state index in [1.807, 2.05) is 11.6 Å². The zero-order valence-electron chi connectivity index (χ0n) is 11.5. The molecule has 0 saturated carbocycles. The molecule has 8 heteroatoms. The summed E-state index contributed by atoms with van der Waals surface area (Å²) >= 11 is 3.97. The molecule has 0 bridgehead atoms. The minimum Gasteiger partial charge on any atom is -0.480 e. The lowest BCUT2D eigenvalue weighted by molar-refractivity contribution is -0.141. The van der Waals surface area contributed by atoms with Gasteiger partial charge >= 0.3 is 5.97 Å². The topological polar surface area (TPSA) is 83.5 Å². The van der Waals surface area contributed by atoms with E-state index in [0.29, 0.717) is 22.8 Å². The van der Waals surface area contributed by atoms with Crippen molar-refractivity contribution in [1.29, 1.82) is 0 Å². The summed E-state index contributed by atoms with van der Waals surface area (Å²) in [5, 5.41) is 13.3. The Morgan fingerprint density at radius 2 is 2.14 bits per heavy atom. The highest BCUT2D eigenvalue weighted by molar-refractivity contribution is 8.14. The van der Waals surface area contributed by atoms with Crippen molar-refractivity contribution >= 4 is 51.9 Å². The molecule has 0 aliphatic heterocycles. The van der Waals surface area contributed by atoms with Gasteiger partial charge in [-0.2, -0.15) is 11.8 Å². The van der Waals surface area contributed by atoms with Crippen LogP contribution in [0.25, 0.3) is 0 Å². The van der Waals surface area contributed by atoms with Gasteiger partial charge in [-0.3, -0.25) is 9.59 Å². The molecule has 1 aromatic rings. The molecule has 1 atom stereocenters. The fourth-order valence-electron chi connectivity index (χ4n) is 1.46. The summed E-state index contributed by atoms with van der Waals surface area (Å²) in [4.78, 5) is 35.0. The number of rotatable bonds is 9. The number of carboxylic acids is 1. The number of nitrogens with one attached hydrogen (secondary N) is 1. The average Bonchev–Trinajstić information content (AvgIpc) is 2.97. The van der Waals surface area contributed by atoms with E-state index in [2.05, 4.69) is 5.32 Å². The Kier molecular flexibility index (Phi) is 8.48. The number of aliphatic carboxylic acids is 1. The van der Waals surface area contributed by atoms with Gasteiger partial charge in [-0.25, -0.2) is 4.79 Å². The first-order chi connectivity index (χ1) is 10.0. The van der Waals surface area contributed by atoms with Crippen molar-refractivity contribution in [3.05, 3.63) is 22.4 Å². The molecule has 116 valence electrons. The monoisotopic (exact) mass is 347 g/mol. The highest BCUT2D eigenvalue weighted by Gasteiger charge is 2.19. The van der Waals surface area contributed by atoms with Crippen molar-refractivity contribution in [2.75, 3.05) is 17.8 Å². The molecule has 1 aromatic heterocycles. The Morgan fingerprint density at radius 3 is 2.71 bits per heavy atom. The molecular formula is C13H17NO4S3. The van der Waals surface area contributed by atoms with E-state index in [0.717, 1.165) is 11.8 Å². The minimum atomic E-state index is -1.03. The zero-order chi connectivity index (χ0) is 15.7. The summed E-state index contributed by atoms with van der Waals surface area (Å²) in [7, 11) is 0. The van der Waals surface area contributed by atoms with Gasteiger partial charge < -0.3 is 10.4 Å². The molecule has 5 nitrogen and oxygen atoms in total. The van der Waals surface area contributed by atoms with Crippen molar-refractivity contribution in [2.45, 2.75) is 18.9 Å². The average molecular weight is 347 g/mol. The van der Waals surface area contributed by atoms with Gasteiger partial charge in [0.2, 0.25) is 11.0 Å². The molecule has 2 N–H and O–H groups in total. The first-order valence-electron chi connectivity index (χ1n) is 6.26. The molecule has 0 unspecified atom stereocenters. The van der Waals surface area contributed by atoms with Gasteiger partial charge in [0, 0.05) is 12.2 Å². The molecule has 0 aliphatic rings. The van der Waals surface area contributed by atoms with E-state index in [-0.39, 0.29) is 17.4 Å². The number of hydrogen-bond donors (Lipinski definition) is 2. The summed E-state index contributed by atoms with van der Waals surface area (Å²) < 4.78 is 0. The van der Waals surface area contributed by atoms with E-state index >= 15 is 0 Å². The predicted octanol–water partition coefficient (Wildman–Crippen LogP) is 2.33. The maximum absolute atomic E-state index is 11.7. The third kappa shape index (κ3) is 7.01. The van der Waals surface area contributed by atoms with Crippen LogP contribution in [0.4, 0.5) is 0 Å². The van der Waals surface area contributed by atoms with Crippen molar-refractivity contribution in [2.24, 2.45) is 0 Å². The molecule has 0 aromatic carbocycles. The smallest absolute Gasteiger partial charge is 0.326 e. The number of amides is 1. The third-order valence-corrected chi connectivity index (χ3v) is 5.06. The molecule has 1 heterocycles. The highest BCUT2D eigenvalue weighted by Crippen LogP contribution is 2.17. The largest absolute Gasteiger partial charge is 0.480 e.